The molecule has 108 valence electrons. The lowest BCUT2D eigenvalue weighted by Gasteiger charge is -2.16. The van der Waals surface area contributed by atoms with Crippen molar-refractivity contribution in [1.29, 1.82) is 0 Å². The van der Waals surface area contributed by atoms with Gasteiger partial charge in [0.25, 0.3) is 0 Å². The molecule has 0 radical (unpaired) electrons. The first-order chi connectivity index (χ1) is 9.70. The average molecular weight is 273 g/mol. The van der Waals surface area contributed by atoms with Crippen LogP contribution in [-0.4, -0.2) is 24.0 Å². The minimum atomic E-state index is -0.00419. The van der Waals surface area contributed by atoms with E-state index in [2.05, 4.69) is 15.2 Å². The van der Waals surface area contributed by atoms with Gasteiger partial charge in [0.1, 0.15) is 5.82 Å². The van der Waals surface area contributed by atoms with Crippen molar-refractivity contribution in [3.63, 3.8) is 0 Å². The van der Waals surface area contributed by atoms with Crippen molar-refractivity contribution in [1.82, 2.24) is 10.3 Å². The predicted octanol–water partition coefficient (Wildman–Crippen LogP) is 2.65. The lowest BCUT2D eigenvalue weighted by atomic mass is 10.2. The van der Waals surface area contributed by atoms with Crippen molar-refractivity contribution in [2.45, 2.75) is 39.7 Å². The summed E-state index contributed by atoms with van der Waals surface area (Å²) in [5.41, 5.74) is 1.81. The maximum atomic E-state index is 11.8. The summed E-state index contributed by atoms with van der Waals surface area (Å²) in [6.07, 6.45) is 7.17. The summed E-state index contributed by atoms with van der Waals surface area (Å²) in [5, 5.41) is 2.91. The van der Waals surface area contributed by atoms with E-state index in [1.807, 2.05) is 38.3 Å². The molecule has 1 aliphatic rings. The Labute approximate surface area is 120 Å². The summed E-state index contributed by atoms with van der Waals surface area (Å²) in [6, 6.07) is 4.08. The molecule has 2 heterocycles. The molecule has 0 saturated carbocycles. The molecule has 20 heavy (non-hydrogen) atoms. The van der Waals surface area contributed by atoms with Crippen LogP contribution in [0.5, 0.6) is 0 Å². The van der Waals surface area contributed by atoms with Crippen LogP contribution in [-0.2, 0) is 11.3 Å². The number of hydrogen-bond donors (Lipinski definition) is 1. The number of hydrogen-bond acceptors (Lipinski definition) is 3. The monoisotopic (exact) mass is 273 g/mol. The van der Waals surface area contributed by atoms with E-state index < -0.39 is 0 Å². The summed E-state index contributed by atoms with van der Waals surface area (Å²) in [4.78, 5) is 18.6. The molecule has 4 heteroatoms. The van der Waals surface area contributed by atoms with E-state index in [4.69, 9.17) is 0 Å². The first-order valence-electron chi connectivity index (χ1n) is 7.35. The van der Waals surface area contributed by atoms with E-state index in [0.29, 0.717) is 6.54 Å². The Balaban J connectivity index is 1.87. The van der Waals surface area contributed by atoms with E-state index in [0.717, 1.165) is 36.5 Å². The number of carbonyl (C=O) groups is 1. The van der Waals surface area contributed by atoms with Gasteiger partial charge in [-0.1, -0.05) is 19.1 Å². The van der Waals surface area contributed by atoms with E-state index in [1.54, 1.807) is 0 Å². The van der Waals surface area contributed by atoms with Crippen LogP contribution in [0.1, 0.15) is 38.7 Å². The fourth-order valence-corrected chi connectivity index (χ4v) is 2.38. The van der Waals surface area contributed by atoms with Crippen LogP contribution in [0.3, 0.4) is 0 Å². The van der Waals surface area contributed by atoms with Crippen LogP contribution in [0, 0.1) is 0 Å². The predicted molar refractivity (Wildman–Crippen MR) is 81.6 cm³/mol. The second kappa shape index (κ2) is 7.08. The van der Waals surface area contributed by atoms with Gasteiger partial charge in [0, 0.05) is 31.4 Å². The minimum absolute atomic E-state index is 0.00419. The minimum Gasteiger partial charge on any atom is -0.357 e. The molecule has 4 nitrogen and oxygen atoms in total. The quantitative estimate of drug-likeness (QED) is 0.839. The Morgan fingerprint density at radius 2 is 2.15 bits per heavy atom. The summed E-state index contributed by atoms with van der Waals surface area (Å²) < 4.78 is 0. The van der Waals surface area contributed by atoms with Crippen LogP contribution < -0.4 is 10.2 Å². The van der Waals surface area contributed by atoms with Gasteiger partial charge in [-0.15, -0.1) is 0 Å². The lowest BCUT2D eigenvalue weighted by Crippen LogP contribution is -2.24. The van der Waals surface area contributed by atoms with Crippen molar-refractivity contribution in [2.75, 3.05) is 18.0 Å². The highest BCUT2D eigenvalue weighted by molar-refractivity contribution is 5.92. The number of aromatic nitrogens is 1. The van der Waals surface area contributed by atoms with E-state index in [1.165, 1.54) is 12.8 Å². The zero-order chi connectivity index (χ0) is 14.4. The van der Waals surface area contributed by atoms with Crippen LogP contribution in [0.25, 0.3) is 0 Å². The average Bonchev–Trinajstić information content (AvgIpc) is 2.99. The van der Waals surface area contributed by atoms with Gasteiger partial charge in [-0.05, 0) is 37.8 Å². The summed E-state index contributed by atoms with van der Waals surface area (Å²) in [7, 11) is 0. The molecule has 1 amide bonds. The van der Waals surface area contributed by atoms with Crippen LogP contribution in [0.2, 0.25) is 0 Å². The highest BCUT2D eigenvalue weighted by atomic mass is 16.1. The van der Waals surface area contributed by atoms with Crippen LogP contribution >= 0.6 is 0 Å². The third-order valence-corrected chi connectivity index (χ3v) is 3.56. The number of nitrogens with zero attached hydrogens (tertiary/aromatic N) is 2. The van der Waals surface area contributed by atoms with Gasteiger partial charge >= 0.3 is 0 Å². The highest BCUT2D eigenvalue weighted by Crippen LogP contribution is 2.17. The Bertz CT molecular complexity index is 473. The Morgan fingerprint density at radius 3 is 2.75 bits per heavy atom. The van der Waals surface area contributed by atoms with Crippen LogP contribution in [0.15, 0.2) is 30.0 Å². The highest BCUT2D eigenvalue weighted by Gasteiger charge is 2.13. The first kappa shape index (κ1) is 14.6. The van der Waals surface area contributed by atoms with E-state index >= 15 is 0 Å². The number of anilines is 1. The fourth-order valence-electron chi connectivity index (χ4n) is 2.38. The molecule has 0 aliphatic carbocycles. The summed E-state index contributed by atoms with van der Waals surface area (Å²) in [5.74, 6) is 1.04. The molecule has 1 N–H and O–H groups in total. The van der Waals surface area contributed by atoms with E-state index in [-0.39, 0.29) is 5.91 Å². The molecular formula is C16H23N3O. The molecule has 1 aromatic rings. The van der Waals surface area contributed by atoms with E-state index in [9.17, 15) is 4.79 Å². The Hall–Kier alpha value is -1.84. The molecule has 1 aromatic heterocycles. The van der Waals surface area contributed by atoms with Gasteiger partial charge in [0.05, 0.1) is 0 Å². The van der Waals surface area contributed by atoms with Gasteiger partial charge in [-0.3, -0.25) is 4.79 Å². The molecule has 0 atom stereocenters. The molecule has 2 rings (SSSR count). The lowest BCUT2D eigenvalue weighted by molar-refractivity contribution is -0.117. The smallest absolute Gasteiger partial charge is 0.246 e. The number of carbonyl (C=O) groups excluding carboxylic acids is 1. The van der Waals surface area contributed by atoms with Crippen molar-refractivity contribution in [3.8, 4) is 0 Å². The topological polar surface area (TPSA) is 45.2 Å². The van der Waals surface area contributed by atoms with Gasteiger partial charge in [0.2, 0.25) is 5.91 Å². The largest absolute Gasteiger partial charge is 0.357 e. The summed E-state index contributed by atoms with van der Waals surface area (Å²) in [6.45, 7) is 6.60. The molecule has 0 bridgehead atoms. The van der Waals surface area contributed by atoms with Crippen molar-refractivity contribution in [3.05, 3.63) is 35.5 Å². The van der Waals surface area contributed by atoms with Gasteiger partial charge in [-0.25, -0.2) is 4.98 Å². The SMILES string of the molecule is CCC=C(C)C(=O)NCc1ccc(N2CCCC2)nc1. The number of nitrogens with one attached hydrogen (secondary N) is 1. The third kappa shape index (κ3) is 3.83. The standard InChI is InChI=1S/C16H23N3O/c1-3-6-13(2)16(20)18-12-14-7-8-15(17-11-14)19-9-4-5-10-19/h6-8,11H,3-5,9-10,12H2,1-2H3,(H,18,20). The maximum absolute atomic E-state index is 11.8. The fraction of sp³-hybridized carbons (Fsp3) is 0.500. The van der Waals surface area contributed by atoms with Crippen molar-refractivity contribution in [2.24, 2.45) is 0 Å². The molecule has 0 unspecified atom stereocenters. The Morgan fingerprint density at radius 1 is 1.40 bits per heavy atom. The molecule has 1 saturated heterocycles. The normalized spacial score (nSPS) is 15.5. The Kier molecular flexibility index (Phi) is 5.16. The molecule has 0 spiro atoms. The second-order valence-electron chi connectivity index (χ2n) is 5.20. The number of allylic oxidation sites excluding steroid dienone is 1. The third-order valence-electron chi connectivity index (χ3n) is 3.56. The second-order valence-corrected chi connectivity index (χ2v) is 5.20. The molecule has 0 aromatic carbocycles. The van der Waals surface area contributed by atoms with Gasteiger partial charge in [-0.2, -0.15) is 0 Å². The zero-order valence-electron chi connectivity index (χ0n) is 12.4. The number of pyridine rings is 1. The zero-order valence-corrected chi connectivity index (χ0v) is 12.4. The van der Waals surface area contributed by atoms with Gasteiger partial charge < -0.3 is 10.2 Å². The maximum Gasteiger partial charge on any atom is 0.246 e. The number of amides is 1. The molecule has 1 fully saturated rings. The van der Waals surface area contributed by atoms with Crippen molar-refractivity contribution >= 4 is 11.7 Å². The molecule has 1 aliphatic heterocycles. The van der Waals surface area contributed by atoms with Gasteiger partial charge in [0.15, 0.2) is 0 Å². The molecular weight excluding hydrogens is 250 g/mol. The summed E-state index contributed by atoms with van der Waals surface area (Å²) >= 11 is 0. The van der Waals surface area contributed by atoms with Crippen molar-refractivity contribution < 1.29 is 4.79 Å². The first-order valence-corrected chi connectivity index (χ1v) is 7.35. The number of rotatable bonds is 5. The van der Waals surface area contributed by atoms with Crippen LogP contribution in [0.4, 0.5) is 5.82 Å².